The minimum absolute atomic E-state index is 0.371. The summed E-state index contributed by atoms with van der Waals surface area (Å²) in [6.07, 6.45) is 1.20. The smallest absolute Gasteiger partial charge is 0.434 e. The summed E-state index contributed by atoms with van der Waals surface area (Å²) in [6, 6.07) is 0. The molecule has 84 valence electrons. The van der Waals surface area contributed by atoms with E-state index in [1.165, 1.54) is 6.92 Å². The van der Waals surface area contributed by atoms with Crippen molar-refractivity contribution in [2.24, 2.45) is 5.92 Å². The van der Waals surface area contributed by atoms with Gasteiger partial charge in [0.1, 0.15) is 0 Å². The van der Waals surface area contributed by atoms with Crippen molar-refractivity contribution in [2.45, 2.75) is 46.3 Å². The lowest BCUT2D eigenvalue weighted by molar-refractivity contribution is -0.0711. The Morgan fingerprint density at radius 2 is 2.07 bits per heavy atom. The van der Waals surface area contributed by atoms with Crippen molar-refractivity contribution in [1.82, 2.24) is 0 Å². The Morgan fingerprint density at radius 1 is 1.43 bits per heavy atom. The van der Waals surface area contributed by atoms with E-state index >= 15 is 0 Å². The molecule has 0 radical (unpaired) electrons. The predicted octanol–water partition coefficient (Wildman–Crippen LogP) is 2.30. The molecule has 0 aromatic carbocycles. The standard InChI is InChI=1S/C10H20O4/c1-4-6-9(5-2)7-13-10(12)14-8(3)11/h8-9,11H,4-7H2,1-3H3. The number of carbonyl (C=O) groups is 1. The zero-order valence-corrected chi connectivity index (χ0v) is 9.16. The average Bonchev–Trinajstić information content (AvgIpc) is 2.11. The average molecular weight is 204 g/mol. The summed E-state index contributed by atoms with van der Waals surface area (Å²) >= 11 is 0. The van der Waals surface area contributed by atoms with Crippen LogP contribution in [0, 0.1) is 5.92 Å². The fraction of sp³-hybridized carbons (Fsp3) is 0.900. The summed E-state index contributed by atoms with van der Waals surface area (Å²) in [4.78, 5) is 10.9. The third kappa shape index (κ3) is 6.71. The van der Waals surface area contributed by atoms with E-state index in [1.807, 2.05) is 0 Å². The van der Waals surface area contributed by atoms with Crippen LogP contribution in [0.1, 0.15) is 40.0 Å². The second-order valence-electron chi connectivity index (χ2n) is 3.34. The topological polar surface area (TPSA) is 55.8 Å². The first-order chi connectivity index (χ1) is 6.60. The molecule has 0 saturated carbocycles. The van der Waals surface area contributed by atoms with Gasteiger partial charge in [-0.1, -0.05) is 26.7 Å². The summed E-state index contributed by atoms with van der Waals surface area (Å²) in [5.74, 6) is 0.390. The highest BCUT2D eigenvalue weighted by Crippen LogP contribution is 2.11. The van der Waals surface area contributed by atoms with Gasteiger partial charge in [0, 0.05) is 0 Å². The van der Waals surface area contributed by atoms with Crippen molar-refractivity contribution in [2.75, 3.05) is 6.61 Å². The van der Waals surface area contributed by atoms with Gasteiger partial charge < -0.3 is 14.6 Å². The van der Waals surface area contributed by atoms with E-state index in [-0.39, 0.29) is 0 Å². The highest BCUT2D eigenvalue weighted by Gasteiger charge is 2.11. The van der Waals surface area contributed by atoms with Crippen LogP contribution in [0.2, 0.25) is 0 Å². The van der Waals surface area contributed by atoms with Gasteiger partial charge in [-0.05, 0) is 19.3 Å². The van der Waals surface area contributed by atoms with E-state index < -0.39 is 12.4 Å². The van der Waals surface area contributed by atoms with Gasteiger partial charge in [0.25, 0.3) is 0 Å². The minimum atomic E-state index is -1.10. The van der Waals surface area contributed by atoms with Crippen molar-refractivity contribution in [3.05, 3.63) is 0 Å². The van der Waals surface area contributed by atoms with Crippen LogP contribution in [0.15, 0.2) is 0 Å². The van der Waals surface area contributed by atoms with Crippen LogP contribution in [-0.2, 0) is 9.47 Å². The number of rotatable bonds is 6. The van der Waals surface area contributed by atoms with Crippen LogP contribution >= 0.6 is 0 Å². The highest BCUT2D eigenvalue weighted by atomic mass is 16.8. The molecule has 0 aromatic heterocycles. The zero-order valence-electron chi connectivity index (χ0n) is 9.16. The lowest BCUT2D eigenvalue weighted by Crippen LogP contribution is -2.18. The summed E-state index contributed by atoms with van der Waals surface area (Å²) in [5, 5.41) is 8.73. The Morgan fingerprint density at radius 3 is 2.50 bits per heavy atom. The maximum Gasteiger partial charge on any atom is 0.510 e. The van der Waals surface area contributed by atoms with Crippen molar-refractivity contribution >= 4 is 6.16 Å². The molecule has 0 amide bonds. The number of hydrogen-bond donors (Lipinski definition) is 1. The molecule has 0 fully saturated rings. The molecule has 0 aliphatic rings. The van der Waals surface area contributed by atoms with Gasteiger partial charge in [0.15, 0.2) is 0 Å². The summed E-state index contributed by atoms with van der Waals surface area (Å²) in [5.41, 5.74) is 0. The zero-order chi connectivity index (χ0) is 11.0. The van der Waals surface area contributed by atoms with Crippen molar-refractivity contribution in [3.63, 3.8) is 0 Å². The molecule has 0 aliphatic heterocycles. The Kier molecular flexibility index (Phi) is 7.20. The summed E-state index contributed by atoms with van der Waals surface area (Å²) < 4.78 is 9.25. The van der Waals surface area contributed by atoms with Gasteiger partial charge in [-0.3, -0.25) is 0 Å². The molecule has 0 aliphatic carbocycles. The molecule has 4 nitrogen and oxygen atoms in total. The maximum atomic E-state index is 10.9. The molecule has 1 N–H and O–H groups in total. The minimum Gasteiger partial charge on any atom is -0.434 e. The van der Waals surface area contributed by atoms with Crippen LogP contribution in [0.4, 0.5) is 4.79 Å². The molecule has 0 saturated heterocycles. The monoisotopic (exact) mass is 204 g/mol. The molecule has 14 heavy (non-hydrogen) atoms. The molecule has 4 heteroatoms. The van der Waals surface area contributed by atoms with Gasteiger partial charge in [-0.25, -0.2) is 4.79 Å². The second-order valence-corrected chi connectivity index (χ2v) is 3.34. The molecule has 0 aromatic rings. The molecular formula is C10H20O4. The largest absolute Gasteiger partial charge is 0.510 e. The van der Waals surface area contributed by atoms with Crippen LogP contribution < -0.4 is 0 Å². The maximum absolute atomic E-state index is 10.9. The summed E-state index contributed by atoms with van der Waals surface area (Å²) in [7, 11) is 0. The fourth-order valence-corrected chi connectivity index (χ4v) is 1.17. The van der Waals surface area contributed by atoms with Gasteiger partial charge in [0.2, 0.25) is 6.29 Å². The van der Waals surface area contributed by atoms with Crippen molar-refractivity contribution in [3.8, 4) is 0 Å². The van der Waals surface area contributed by atoms with E-state index in [0.29, 0.717) is 12.5 Å². The lowest BCUT2D eigenvalue weighted by Gasteiger charge is -2.14. The SMILES string of the molecule is CCCC(CC)COC(=O)OC(C)O. The normalized spacial score (nSPS) is 14.6. The van der Waals surface area contributed by atoms with Crippen molar-refractivity contribution in [1.29, 1.82) is 0 Å². The Bertz CT molecular complexity index is 156. The Hall–Kier alpha value is -0.770. The van der Waals surface area contributed by atoms with Gasteiger partial charge in [0.05, 0.1) is 6.61 Å². The number of hydrogen-bond acceptors (Lipinski definition) is 4. The van der Waals surface area contributed by atoms with E-state index in [0.717, 1.165) is 19.3 Å². The number of aliphatic hydroxyl groups is 1. The first-order valence-corrected chi connectivity index (χ1v) is 5.11. The molecular weight excluding hydrogens is 184 g/mol. The van der Waals surface area contributed by atoms with E-state index in [1.54, 1.807) is 0 Å². The first-order valence-electron chi connectivity index (χ1n) is 5.11. The molecule has 0 heterocycles. The van der Waals surface area contributed by atoms with E-state index in [9.17, 15) is 4.79 Å². The number of aliphatic hydroxyl groups excluding tert-OH is 1. The van der Waals surface area contributed by atoms with Crippen LogP contribution in [0.3, 0.4) is 0 Å². The first kappa shape index (κ1) is 13.2. The van der Waals surface area contributed by atoms with Crippen LogP contribution in [0.5, 0.6) is 0 Å². The summed E-state index contributed by atoms with van der Waals surface area (Å²) in [6.45, 7) is 5.89. The third-order valence-corrected chi connectivity index (χ3v) is 1.98. The van der Waals surface area contributed by atoms with Crippen LogP contribution in [0.25, 0.3) is 0 Å². The molecule has 0 bridgehead atoms. The molecule has 0 rings (SSSR count). The quantitative estimate of drug-likeness (QED) is 0.533. The van der Waals surface area contributed by atoms with Gasteiger partial charge >= 0.3 is 6.16 Å². The highest BCUT2D eigenvalue weighted by molar-refractivity contribution is 5.59. The van der Waals surface area contributed by atoms with E-state index in [2.05, 4.69) is 18.6 Å². The lowest BCUT2D eigenvalue weighted by atomic mass is 10.0. The third-order valence-electron chi connectivity index (χ3n) is 1.98. The molecule has 0 spiro atoms. The van der Waals surface area contributed by atoms with E-state index in [4.69, 9.17) is 9.84 Å². The van der Waals surface area contributed by atoms with Crippen molar-refractivity contribution < 1.29 is 19.4 Å². The number of ether oxygens (including phenoxy) is 2. The molecule has 2 atom stereocenters. The second kappa shape index (κ2) is 7.62. The Labute approximate surface area is 85.2 Å². The number of carbonyl (C=O) groups excluding carboxylic acids is 1. The Balaban J connectivity index is 3.62. The van der Waals surface area contributed by atoms with Crippen LogP contribution in [-0.4, -0.2) is 24.2 Å². The fourth-order valence-electron chi connectivity index (χ4n) is 1.17. The van der Waals surface area contributed by atoms with Gasteiger partial charge in [-0.2, -0.15) is 0 Å². The molecule has 2 unspecified atom stereocenters. The van der Waals surface area contributed by atoms with Gasteiger partial charge in [-0.15, -0.1) is 0 Å². The predicted molar refractivity (Wildman–Crippen MR) is 52.8 cm³/mol.